The Bertz CT molecular complexity index is 946. The minimum absolute atomic E-state index is 0.00988. The normalized spacial score (nSPS) is 10.8. The highest BCUT2D eigenvalue weighted by atomic mass is 16.2. The van der Waals surface area contributed by atoms with E-state index in [0.717, 1.165) is 11.3 Å². The topological polar surface area (TPSA) is 55.2 Å². The lowest BCUT2D eigenvalue weighted by atomic mass is 10.2. The van der Waals surface area contributed by atoms with Gasteiger partial charge in [0, 0.05) is 12.2 Å². The number of hydrogen-bond acceptors (Lipinski definition) is 3. The van der Waals surface area contributed by atoms with Crippen LogP contribution in [-0.2, 0) is 11.3 Å². The molecule has 122 valence electrons. The van der Waals surface area contributed by atoms with E-state index in [0.29, 0.717) is 17.6 Å². The van der Waals surface area contributed by atoms with Crippen LogP contribution in [0, 0.1) is 6.92 Å². The molecular formula is C19H19N3O2. The van der Waals surface area contributed by atoms with Gasteiger partial charge in [-0.3, -0.25) is 14.2 Å². The van der Waals surface area contributed by atoms with E-state index in [4.69, 9.17) is 0 Å². The van der Waals surface area contributed by atoms with Gasteiger partial charge in [0.15, 0.2) is 0 Å². The Hall–Kier alpha value is -2.95. The molecule has 0 atom stereocenters. The predicted octanol–water partition coefficient (Wildman–Crippen LogP) is 2.76. The molecule has 24 heavy (non-hydrogen) atoms. The molecule has 0 radical (unpaired) electrons. The zero-order valence-corrected chi connectivity index (χ0v) is 13.8. The van der Waals surface area contributed by atoms with Crippen LogP contribution in [0.3, 0.4) is 0 Å². The fourth-order valence-corrected chi connectivity index (χ4v) is 2.85. The summed E-state index contributed by atoms with van der Waals surface area (Å²) >= 11 is 0. The molecule has 0 fully saturated rings. The highest BCUT2D eigenvalue weighted by Crippen LogP contribution is 2.20. The maximum absolute atomic E-state index is 12.8. The number of aryl methyl sites for hydroxylation is 1. The second kappa shape index (κ2) is 6.66. The highest BCUT2D eigenvalue weighted by molar-refractivity contribution is 5.94. The van der Waals surface area contributed by atoms with Crippen LogP contribution in [0.2, 0.25) is 0 Å². The molecule has 0 unspecified atom stereocenters. The number of benzene rings is 2. The molecule has 1 amide bonds. The summed E-state index contributed by atoms with van der Waals surface area (Å²) < 4.78 is 1.48. The lowest BCUT2D eigenvalue weighted by Gasteiger charge is -2.23. The van der Waals surface area contributed by atoms with Gasteiger partial charge in [0.2, 0.25) is 5.91 Å². The van der Waals surface area contributed by atoms with Gasteiger partial charge in [0.05, 0.1) is 17.2 Å². The van der Waals surface area contributed by atoms with Crippen molar-refractivity contribution in [2.24, 2.45) is 0 Å². The summed E-state index contributed by atoms with van der Waals surface area (Å²) in [6.45, 7) is 4.43. The quantitative estimate of drug-likeness (QED) is 0.742. The smallest absolute Gasteiger partial charge is 0.269 e. The maximum Gasteiger partial charge on any atom is 0.269 e. The minimum atomic E-state index is -0.275. The molecule has 0 spiro atoms. The molecule has 1 aromatic heterocycles. The standard InChI is InChI=1S/C19H19N3O2/c1-3-21(16-10-6-4-8-14(16)2)19(24)13-22-17-11-7-5-9-15(17)20-12-18(22)23/h4-12H,3,13H2,1-2H3. The molecule has 0 aliphatic rings. The van der Waals surface area contributed by atoms with Gasteiger partial charge in [0.1, 0.15) is 6.54 Å². The fourth-order valence-electron chi connectivity index (χ4n) is 2.85. The number of likely N-dealkylation sites (N-methyl/N-ethyl adjacent to an activating group) is 1. The first-order valence-corrected chi connectivity index (χ1v) is 7.92. The molecule has 0 saturated carbocycles. The summed E-state index contributed by atoms with van der Waals surface area (Å²) in [6.07, 6.45) is 1.26. The second-order valence-electron chi connectivity index (χ2n) is 5.60. The van der Waals surface area contributed by atoms with E-state index in [1.54, 1.807) is 11.0 Å². The monoisotopic (exact) mass is 321 g/mol. The van der Waals surface area contributed by atoms with E-state index >= 15 is 0 Å². The van der Waals surface area contributed by atoms with E-state index < -0.39 is 0 Å². The molecule has 5 nitrogen and oxygen atoms in total. The number of carbonyl (C=O) groups is 1. The highest BCUT2D eigenvalue weighted by Gasteiger charge is 2.17. The van der Waals surface area contributed by atoms with Crippen LogP contribution in [0.1, 0.15) is 12.5 Å². The average molecular weight is 321 g/mol. The van der Waals surface area contributed by atoms with Gasteiger partial charge >= 0.3 is 0 Å². The van der Waals surface area contributed by atoms with Crippen molar-refractivity contribution in [1.82, 2.24) is 9.55 Å². The number of rotatable bonds is 4. The second-order valence-corrected chi connectivity index (χ2v) is 5.60. The fraction of sp³-hybridized carbons (Fsp3) is 0.211. The number of carbonyl (C=O) groups excluding carboxylic acids is 1. The van der Waals surface area contributed by atoms with E-state index in [9.17, 15) is 9.59 Å². The van der Waals surface area contributed by atoms with Crippen molar-refractivity contribution in [3.05, 3.63) is 70.6 Å². The van der Waals surface area contributed by atoms with Crippen molar-refractivity contribution in [3.63, 3.8) is 0 Å². The van der Waals surface area contributed by atoms with E-state index in [1.807, 2.05) is 56.3 Å². The molecule has 0 bridgehead atoms. The summed E-state index contributed by atoms with van der Waals surface area (Å²) in [5.74, 6) is -0.120. The SMILES string of the molecule is CCN(C(=O)Cn1c(=O)cnc2ccccc21)c1ccccc1C. The van der Waals surface area contributed by atoms with Crippen LogP contribution in [0.25, 0.3) is 11.0 Å². The van der Waals surface area contributed by atoms with Gasteiger partial charge in [-0.25, -0.2) is 4.98 Å². The van der Waals surface area contributed by atoms with Crippen LogP contribution in [0.5, 0.6) is 0 Å². The van der Waals surface area contributed by atoms with Crippen molar-refractivity contribution in [2.45, 2.75) is 20.4 Å². The molecule has 0 aliphatic heterocycles. The molecule has 2 aromatic carbocycles. The molecule has 0 aliphatic carbocycles. The third kappa shape index (κ3) is 2.93. The summed E-state index contributed by atoms with van der Waals surface area (Å²) in [4.78, 5) is 30.9. The number of anilines is 1. The van der Waals surface area contributed by atoms with Gasteiger partial charge in [-0.15, -0.1) is 0 Å². The molecule has 3 rings (SSSR count). The van der Waals surface area contributed by atoms with Gasteiger partial charge < -0.3 is 4.90 Å². The maximum atomic E-state index is 12.8. The first kappa shape index (κ1) is 15.9. The molecular weight excluding hydrogens is 302 g/mol. The van der Waals surface area contributed by atoms with Crippen molar-refractivity contribution in [3.8, 4) is 0 Å². The number of amides is 1. The van der Waals surface area contributed by atoms with Crippen LogP contribution in [0.4, 0.5) is 5.69 Å². The van der Waals surface area contributed by atoms with Crippen LogP contribution >= 0.6 is 0 Å². The molecule has 0 N–H and O–H groups in total. The van der Waals surface area contributed by atoms with E-state index in [-0.39, 0.29) is 18.0 Å². The lowest BCUT2D eigenvalue weighted by molar-refractivity contribution is -0.119. The van der Waals surface area contributed by atoms with Crippen LogP contribution in [0.15, 0.2) is 59.5 Å². The number of para-hydroxylation sites is 3. The number of nitrogens with zero attached hydrogens (tertiary/aromatic N) is 3. The predicted molar refractivity (Wildman–Crippen MR) is 95.2 cm³/mol. The summed E-state index contributed by atoms with van der Waals surface area (Å²) in [6, 6.07) is 15.1. The van der Waals surface area contributed by atoms with Crippen LogP contribution in [-0.4, -0.2) is 22.0 Å². The summed E-state index contributed by atoms with van der Waals surface area (Å²) in [7, 11) is 0. The van der Waals surface area contributed by atoms with Crippen molar-refractivity contribution >= 4 is 22.6 Å². The van der Waals surface area contributed by atoms with E-state index in [1.165, 1.54) is 10.8 Å². The lowest BCUT2D eigenvalue weighted by Crippen LogP contribution is -2.37. The number of fused-ring (bicyclic) bond motifs is 1. The third-order valence-electron chi connectivity index (χ3n) is 4.07. The van der Waals surface area contributed by atoms with Crippen molar-refractivity contribution in [2.75, 3.05) is 11.4 Å². The Morgan fingerprint density at radius 1 is 1.12 bits per heavy atom. The van der Waals surface area contributed by atoms with Crippen LogP contribution < -0.4 is 10.5 Å². The zero-order chi connectivity index (χ0) is 17.1. The Morgan fingerprint density at radius 3 is 2.58 bits per heavy atom. The number of hydrogen-bond donors (Lipinski definition) is 0. The average Bonchev–Trinajstić information content (AvgIpc) is 2.60. The van der Waals surface area contributed by atoms with Gasteiger partial charge in [0.25, 0.3) is 5.56 Å². The zero-order valence-electron chi connectivity index (χ0n) is 13.8. The van der Waals surface area contributed by atoms with Crippen molar-refractivity contribution < 1.29 is 4.79 Å². The first-order valence-electron chi connectivity index (χ1n) is 7.92. The largest absolute Gasteiger partial charge is 0.311 e. The summed E-state index contributed by atoms with van der Waals surface area (Å²) in [5.41, 5.74) is 2.99. The molecule has 1 heterocycles. The Balaban J connectivity index is 1.99. The molecule has 3 aromatic rings. The molecule has 5 heteroatoms. The van der Waals surface area contributed by atoms with E-state index in [2.05, 4.69) is 4.98 Å². The Kier molecular flexibility index (Phi) is 4.42. The Labute approximate surface area is 140 Å². The number of aromatic nitrogens is 2. The molecule has 0 saturated heterocycles. The summed E-state index contributed by atoms with van der Waals surface area (Å²) in [5, 5.41) is 0. The third-order valence-corrected chi connectivity index (χ3v) is 4.07. The van der Waals surface area contributed by atoms with Gasteiger partial charge in [-0.2, -0.15) is 0 Å². The van der Waals surface area contributed by atoms with Gasteiger partial charge in [-0.05, 0) is 37.6 Å². The van der Waals surface area contributed by atoms with Crippen molar-refractivity contribution in [1.29, 1.82) is 0 Å². The minimum Gasteiger partial charge on any atom is -0.311 e. The van der Waals surface area contributed by atoms with Gasteiger partial charge in [-0.1, -0.05) is 30.3 Å². The Morgan fingerprint density at radius 2 is 1.83 bits per heavy atom. The first-order chi connectivity index (χ1) is 11.6.